The van der Waals surface area contributed by atoms with Crippen LogP contribution in [0.15, 0.2) is 24.4 Å². The molecular weight excluding hydrogens is 158 g/mol. The van der Waals surface area contributed by atoms with Crippen LogP contribution in [0, 0.1) is 6.92 Å². The van der Waals surface area contributed by atoms with Crippen LogP contribution >= 0.6 is 0 Å². The highest BCUT2D eigenvalue weighted by Crippen LogP contribution is 2.21. The van der Waals surface area contributed by atoms with Crippen molar-refractivity contribution in [2.24, 2.45) is 7.05 Å². The SMILES string of the molecule is CCc1cn(C)c2cc(C)ccc12. The minimum absolute atomic E-state index is 1.11. The van der Waals surface area contributed by atoms with E-state index in [4.69, 9.17) is 0 Å². The summed E-state index contributed by atoms with van der Waals surface area (Å²) in [7, 11) is 2.11. The molecule has 0 aliphatic rings. The molecule has 0 saturated carbocycles. The first-order valence-corrected chi connectivity index (χ1v) is 4.77. The van der Waals surface area contributed by atoms with E-state index < -0.39 is 0 Å². The van der Waals surface area contributed by atoms with Crippen molar-refractivity contribution in [3.63, 3.8) is 0 Å². The van der Waals surface area contributed by atoms with Crippen LogP contribution in [-0.2, 0) is 13.5 Å². The maximum absolute atomic E-state index is 2.24. The summed E-state index contributed by atoms with van der Waals surface area (Å²) < 4.78 is 2.21. The first-order chi connectivity index (χ1) is 6.22. The second-order valence-electron chi connectivity index (χ2n) is 3.64. The number of hydrogen-bond acceptors (Lipinski definition) is 0. The van der Waals surface area contributed by atoms with Gasteiger partial charge in [-0.2, -0.15) is 0 Å². The van der Waals surface area contributed by atoms with Crippen LogP contribution in [-0.4, -0.2) is 4.57 Å². The molecule has 0 unspecified atom stereocenters. The summed E-state index contributed by atoms with van der Waals surface area (Å²) >= 11 is 0. The summed E-state index contributed by atoms with van der Waals surface area (Å²) in [6.45, 7) is 4.34. The van der Waals surface area contributed by atoms with E-state index in [9.17, 15) is 0 Å². The van der Waals surface area contributed by atoms with Gasteiger partial charge in [-0.25, -0.2) is 0 Å². The molecule has 1 aromatic carbocycles. The Kier molecular flexibility index (Phi) is 1.87. The molecule has 0 N–H and O–H groups in total. The molecule has 1 aromatic heterocycles. The van der Waals surface area contributed by atoms with Crippen molar-refractivity contribution < 1.29 is 0 Å². The van der Waals surface area contributed by atoms with Crippen LogP contribution in [0.1, 0.15) is 18.1 Å². The summed E-state index contributed by atoms with van der Waals surface area (Å²) in [5.41, 5.74) is 4.12. The monoisotopic (exact) mass is 173 g/mol. The van der Waals surface area contributed by atoms with Gasteiger partial charge >= 0.3 is 0 Å². The molecule has 1 heterocycles. The van der Waals surface area contributed by atoms with E-state index in [1.165, 1.54) is 22.0 Å². The van der Waals surface area contributed by atoms with Gasteiger partial charge in [0, 0.05) is 24.1 Å². The van der Waals surface area contributed by atoms with E-state index in [-0.39, 0.29) is 0 Å². The molecule has 0 saturated heterocycles. The summed E-state index contributed by atoms with van der Waals surface area (Å²) in [5, 5.41) is 1.40. The first-order valence-electron chi connectivity index (χ1n) is 4.77. The summed E-state index contributed by atoms with van der Waals surface area (Å²) in [6.07, 6.45) is 3.34. The molecule has 2 aromatic rings. The number of benzene rings is 1. The molecule has 68 valence electrons. The lowest BCUT2D eigenvalue weighted by molar-refractivity contribution is 0.954. The fourth-order valence-corrected chi connectivity index (χ4v) is 1.86. The normalized spacial score (nSPS) is 11.0. The number of aryl methyl sites for hydroxylation is 3. The molecular formula is C12H15N. The van der Waals surface area contributed by atoms with E-state index in [0.29, 0.717) is 0 Å². The molecule has 0 radical (unpaired) electrons. The third kappa shape index (κ3) is 1.24. The Morgan fingerprint density at radius 2 is 2.08 bits per heavy atom. The zero-order chi connectivity index (χ0) is 9.42. The molecule has 0 aliphatic heterocycles. The smallest absolute Gasteiger partial charge is 0.0483 e. The van der Waals surface area contributed by atoms with Crippen LogP contribution in [0.25, 0.3) is 10.9 Å². The molecule has 2 rings (SSSR count). The van der Waals surface area contributed by atoms with Crippen molar-refractivity contribution >= 4 is 10.9 Å². The van der Waals surface area contributed by atoms with Gasteiger partial charge in [0.2, 0.25) is 0 Å². The highest BCUT2D eigenvalue weighted by molar-refractivity contribution is 5.84. The highest BCUT2D eigenvalue weighted by atomic mass is 14.9. The Bertz CT molecular complexity index is 438. The Labute approximate surface area is 79.0 Å². The summed E-state index contributed by atoms with van der Waals surface area (Å²) in [5.74, 6) is 0. The van der Waals surface area contributed by atoms with E-state index in [1.54, 1.807) is 0 Å². The zero-order valence-corrected chi connectivity index (χ0v) is 8.46. The molecule has 1 nitrogen and oxygen atoms in total. The lowest BCUT2D eigenvalue weighted by atomic mass is 10.1. The fraction of sp³-hybridized carbons (Fsp3) is 0.333. The third-order valence-electron chi connectivity index (χ3n) is 2.61. The van der Waals surface area contributed by atoms with E-state index in [1.807, 2.05) is 0 Å². The average molecular weight is 173 g/mol. The molecule has 0 amide bonds. The van der Waals surface area contributed by atoms with Gasteiger partial charge in [0.05, 0.1) is 0 Å². The van der Waals surface area contributed by atoms with Gasteiger partial charge in [0.25, 0.3) is 0 Å². The van der Waals surface area contributed by atoms with Crippen LogP contribution in [0.5, 0.6) is 0 Å². The van der Waals surface area contributed by atoms with Gasteiger partial charge < -0.3 is 4.57 Å². The number of nitrogens with zero attached hydrogens (tertiary/aromatic N) is 1. The Morgan fingerprint density at radius 1 is 1.31 bits per heavy atom. The van der Waals surface area contributed by atoms with Crippen LogP contribution in [0.3, 0.4) is 0 Å². The van der Waals surface area contributed by atoms with Gasteiger partial charge in [-0.3, -0.25) is 0 Å². The van der Waals surface area contributed by atoms with Gasteiger partial charge in [0.15, 0.2) is 0 Å². The van der Waals surface area contributed by atoms with Crippen LogP contribution < -0.4 is 0 Å². The number of aromatic nitrogens is 1. The minimum Gasteiger partial charge on any atom is -0.350 e. The van der Waals surface area contributed by atoms with Gasteiger partial charge in [0.1, 0.15) is 0 Å². The lowest BCUT2D eigenvalue weighted by Gasteiger charge is -1.97. The molecule has 1 heteroatoms. The molecule has 0 fully saturated rings. The van der Waals surface area contributed by atoms with E-state index in [0.717, 1.165) is 6.42 Å². The highest BCUT2D eigenvalue weighted by Gasteiger charge is 2.03. The van der Waals surface area contributed by atoms with Crippen molar-refractivity contribution in [1.29, 1.82) is 0 Å². The first kappa shape index (κ1) is 8.36. The Balaban J connectivity index is 2.80. The summed E-state index contributed by atoms with van der Waals surface area (Å²) in [4.78, 5) is 0. The second-order valence-corrected chi connectivity index (χ2v) is 3.64. The second kappa shape index (κ2) is 2.91. The molecule has 0 atom stereocenters. The molecule has 0 aliphatic carbocycles. The summed E-state index contributed by atoms with van der Waals surface area (Å²) in [6, 6.07) is 6.65. The number of rotatable bonds is 1. The molecule has 0 bridgehead atoms. The van der Waals surface area contributed by atoms with Crippen molar-refractivity contribution in [2.45, 2.75) is 20.3 Å². The van der Waals surface area contributed by atoms with Gasteiger partial charge in [-0.05, 0) is 30.5 Å². The van der Waals surface area contributed by atoms with Crippen molar-refractivity contribution in [3.05, 3.63) is 35.5 Å². The topological polar surface area (TPSA) is 4.93 Å². The maximum atomic E-state index is 2.24. The van der Waals surface area contributed by atoms with Crippen LogP contribution in [0.4, 0.5) is 0 Å². The molecule has 13 heavy (non-hydrogen) atoms. The number of fused-ring (bicyclic) bond motifs is 1. The average Bonchev–Trinajstić information content (AvgIpc) is 2.43. The minimum atomic E-state index is 1.11. The van der Waals surface area contributed by atoms with Crippen molar-refractivity contribution in [2.75, 3.05) is 0 Å². The lowest BCUT2D eigenvalue weighted by Crippen LogP contribution is -1.83. The van der Waals surface area contributed by atoms with Crippen molar-refractivity contribution in [1.82, 2.24) is 4.57 Å². The Hall–Kier alpha value is -1.24. The maximum Gasteiger partial charge on any atom is 0.0483 e. The van der Waals surface area contributed by atoms with E-state index >= 15 is 0 Å². The van der Waals surface area contributed by atoms with Gasteiger partial charge in [-0.15, -0.1) is 0 Å². The largest absolute Gasteiger partial charge is 0.350 e. The standard InChI is InChI=1S/C12H15N/c1-4-10-8-13(3)12-7-9(2)5-6-11(10)12/h5-8H,4H2,1-3H3. The number of hydrogen-bond donors (Lipinski definition) is 0. The third-order valence-corrected chi connectivity index (χ3v) is 2.61. The van der Waals surface area contributed by atoms with Crippen molar-refractivity contribution in [3.8, 4) is 0 Å². The quantitative estimate of drug-likeness (QED) is 0.624. The van der Waals surface area contributed by atoms with E-state index in [2.05, 4.69) is 49.9 Å². The fourth-order valence-electron chi connectivity index (χ4n) is 1.86. The predicted molar refractivity (Wildman–Crippen MR) is 57.0 cm³/mol. The Morgan fingerprint density at radius 3 is 2.77 bits per heavy atom. The molecule has 0 spiro atoms. The van der Waals surface area contributed by atoms with Crippen LogP contribution in [0.2, 0.25) is 0 Å². The predicted octanol–water partition coefficient (Wildman–Crippen LogP) is 3.05. The zero-order valence-electron chi connectivity index (χ0n) is 8.46. The van der Waals surface area contributed by atoms with Gasteiger partial charge in [-0.1, -0.05) is 19.1 Å².